The van der Waals surface area contributed by atoms with Crippen molar-refractivity contribution in [3.8, 4) is 0 Å². The van der Waals surface area contributed by atoms with E-state index in [0.29, 0.717) is 18.5 Å². The number of para-hydroxylation sites is 1. The summed E-state index contributed by atoms with van der Waals surface area (Å²) in [5.74, 6) is -2.76. The number of benzene rings is 1. The summed E-state index contributed by atoms with van der Waals surface area (Å²) in [6.07, 6.45) is 1.46. The number of hydrogen-bond acceptors (Lipinski definition) is 4. The minimum Gasteiger partial charge on any atom is -0.481 e. The van der Waals surface area contributed by atoms with Crippen molar-refractivity contribution >= 4 is 17.6 Å². The molecule has 1 atom stereocenters. The number of nitrogens with zero attached hydrogens (tertiary/aromatic N) is 1. The summed E-state index contributed by atoms with van der Waals surface area (Å²) >= 11 is 0. The zero-order chi connectivity index (χ0) is 18.8. The molecule has 0 bridgehead atoms. The number of rotatable bonds is 5. The van der Waals surface area contributed by atoms with Crippen molar-refractivity contribution in [1.29, 1.82) is 0 Å². The fraction of sp³-hybridized carbons (Fsp3) is 0.333. The highest BCUT2D eigenvalue weighted by Crippen LogP contribution is 2.27. The molecule has 3 rings (SSSR count). The molecule has 8 heteroatoms. The highest BCUT2D eigenvalue weighted by Gasteiger charge is 2.29. The molecule has 0 aliphatic carbocycles. The van der Waals surface area contributed by atoms with Gasteiger partial charge in [0, 0.05) is 24.7 Å². The van der Waals surface area contributed by atoms with Gasteiger partial charge in [-0.15, -0.1) is 0 Å². The summed E-state index contributed by atoms with van der Waals surface area (Å²) in [6, 6.07) is 3.37. The Morgan fingerprint density at radius 1 is 1.35 bits per heavy atom. The monoisotopic (exact) mass is 364 g/mol. The van der Waals surface area contributed by atoms with Gasteiger partial charge in [0.05, 0.1) is 11.8 Å². The first-order valence-electron chi connectivity index (χ1n) is 8.15. The fourth-order valence-electron chi connectivity index (χ4n) is 3.20. The molecule has 0 radical (unpaired) electrons. The Balaban J connectivity index is 1.71. The van der Waals surface area contributed by atoms with Gasteiger partial charge < -0.3 is 19.7 Å². The molecule has 2 aromatic rings. The molecule has 2 heterocycles. The third kappa shape index (κ3) is 3.54. The molecule has 1 aromatic heterocycles. The summed E-state index contributed by atoms with van der Waals surface area (Å²) in [7, 11) is 0. The molecule has 138 valence electrons. The van der Waals surface area contributed by atoms with E-state index in [0.717, 1.165) is 0 Å². The van der Waals surface area contributed by atoms with Crippen molar-refractivity contribution in [3.05, 3.63) is 53.0 Å². The van der Waals surface area contributed by atoms with Gasteiger partial charge in [-0.2, -0.15) is 0 Å². The zero-order valence-corrected chi connectivity index (χ0v) is 14.1. The van der Waals surface area contributed by atoms with Gasteiger partial charge in [0.25, 0.3) is 5.91 Å². The molecule has 26 heavy (non-hydrogen) atoms. The van der Waals surface area contributed by atoms with Crippen LogP contribution in [0.1, 0.15) is 28.1 Å². The summed E-state index contributed by atoms with van der Waals surface area (Å²) < 4.78 is 33.0. The lowest BCUT2D eigenvalue weighted by Gasteiger charge is -2.20. The van der Waals surface area contributed by atoms with Crippen molar-refractivity contribution in [3.63, 3.8) is 0 Å². The molecular formula is C18H18F2N2O4. The first-order valence-corrected chi connectivity index (χ1v) is 8.15. The summed E-state index contributed by atoms with van der Waals surface area (Å²) in [6.45, 7) is 2.31. The number of anilines is 1. The predicted octanol–water partition coefficient (Wildman–Crippen LogP) is 2.50. The SMILES string of the molecule is Cc1coc(CC(=O)O)c1C(=O)NC1CCN(c2c(F)cccc2F)C1. The highest BCUT2D eigenvalue weighted by atomic mass is 19.1. The standard InChI is InChI=1S/C18H18F2N2O4/c1-10-9-26-14(7-15(23)24)16(10)18(25)21-11-5-6-22(8-11)17-12(19)3-2-4-13(17)20/h2-4,9,11H,5-8H2,1H3,(H,21,25)(H,23,24). The smallest absolute Gasteiger partial charge is 0.311 e. The number of halogens is 2. The van der Waals surface area contributed by atoms with Crippen LogP contribution in [0, 0.1) is 18.6 Å². The number of aryl methyl sites for hydroxylation is 1. The normalized spacial score (nSPS) is 16.7. The molecule has 0 saturated carbocycles. The molecule has 1 saturated heterocycles. The van der Waals surface area contributed by atoms with Crippen LogP contribution in [-0.2, 0) is 11.2 Å². The van der Waals surface area contributed by atoms with Crippen LogP contribution in [0.5, 0.6) is 0 Å². The third-order valence-electron chi connectivity index (χ3n) is 4.37. The number of furan rings is 1. The molecule has 2 N–H and O–H groups in total. The van der Waals surface area contributed by atoms with E-state index in [4.69, 9.17) is 9.52 Å². The number of amides is 1. The van der Waals surface area contributed by atoms with Gasteiger partial charge in [-0.25, -0.2) is 8.78 Å². The second kappa shape index (κ2) is 7.15. The van der Waals surface area contributed by atoms with Crippen molar-refractivity contribution in [2.45, 2.75) is 25.8 Å². The summed E-state index contributed by atoms with van der Waals surface area (Å²) in [4.78, 5) is 25.0. The number of carbonyl (C=O) groups excluding carboxylic acids is 1. The van der Waals surface area contributed by atoms with Gasteiger partial charge in [0.2, 0.25) is 0 Å². The Morgan fingerprint density at radius 2 is 2.04 bits per heavy atom. The molecule has 1 aliphatic rings. The van der Waals surface area contributed by atoms with Gasteiger partial charge in [-0.1, -0.05) is 6.07 Å². The first-order chi connectivity index (χ1) is 12.4. The quantitative estimate of drug-likeness (QED) is 0.852. The number of nitrogens with one attached hydrogen (secondary N) is 1. The summed E-state index contributed by atoms with van der Waals surface area (Å²) in [5, 5.41) is 11.7. The van der Waals surface area contributed by atoms with Crippen LogP contribution in [0.15, 0.2) is 28.9 Å². The topological polar surface area (TPSA) is 82.8 Å². The molecular weight excluding hydrogens is 346 g/mol. The van der Waals surface area contributed by atoms with E-state index in [1.807, 2.05) is 0 Å². The number of carboxylic acid groups (broad SMARTS) is 1. The Bertz CT molecular complexity index is 829. The van der Waals surface area contributed by atoms with Crippen LogP contribution < -0.4 is 10.2 Å². The van der Waals surface area contributed by atoms with Gasteiger partial charge in [-0.05, 0) is 25.5 Å². The molecule has 1 aliphatic heterocycles. The van der Waals surface area contributed by atoms with Gasteiger partial charge in [0.1, 0.15) is 29.5 Å². The van der Waals surface area contributed by atoms with Crippen LogP contribution >= 0.6 is 0 Å². The lowest BCUT2D eigenvalue weighted by molar-refractivity contribution is -0.136. The van der Waals surface area contributed by atoms with E-state index in [1.54, 1.807) is 11.8 Å². The van der Waals surface area contributed by atoms with E-state index in [2.05, 4.69) is 5.32 Å². The zero-order valence-electron chi connectivity index (χ0n) is 14.1. The van der Waals surface area contributed by atoms with Crippen LogP contribution in [0.25, 0.3) is 0 Å². The van der Waals surface area contributed by atoms with Crippen LogP contribution in [0.4, 0.5) is 14.5 Å². The van der Waals surface area contributed by atoms with E-state index in [1.165, 1.54) is 24.5 Å². The van der Waals surface area contributed by atoms with Crippen molar-refractivity contribution < 1.29 is 27.9 Å². The van der Waals surface area contributed by atoms with Crippen LogP contribution in [-0.4, -0.2) is 36.1 Å². The summed E-state index contributed by atoms with van der Waals surface area (Å²) in [5.41, 5.74) is 0.631. The average molecular weight is 364 g/mol. The van der Waals surface area contributed by atoms with Crippen molar-refractivity contribution in [2.24, 2.45) is 0 Å². The highest BCUT2D eigenvalue weighted by molar-refractivity contribution is 5.97. The predicted molar refractivity (Wildman–Crippen MR) is 89.2 cm³/mol. The fourth-order valence-corrected chi connectivity index (χ4v) is 3.20. The number of hydrogen-bond donors (Lipinski definition) is 2. The Morgan fingerprint density at radius 3 is 2.69 bits per heavy atom. The molecule has 1 amide bonds. The largest absolute Gasteiger partial charge is 0.481 e. The number of carbonyl (C=O) groups is 2. The molecule has 1 unspecified atom stereocenters. The van der Waals surface area contributed by atoms with Gasteiger partial charge >= 0.3 is 5.97 Å². The second-order valence-corrected chi connectivity index (χ2v) is 6.26. The van der Waals surface area contributed by atoms with Crippen LogP contribution in [0.3, 0.4) is 0 Å². The lowest BCUT2D eigenvalue weighted by atomic mass is 10.1. The lowest BCUT2D eigenvalue weighted by Crippen LogP contribution is -2.38. The van der Waals surface area contributed by atoms with Gasteiger partial charge in [0.15, 0.2) is 0 Å². The maximum Gasteiger partial charge on any atom is 0.311 e. The minimum atomic E-state index is -1.10. The number of aliphatic carboxylic acids is 1. The Labute approximate surface area is 148 Å². The Kier molecular flexibility index (Phi) is 4.92. The molecule has 1 aromatic carbocycles. The molecule has 6 nitrogen and oxygen atoms in total. The van der Waals surface area contributed by atoms with E-state index in [-0.39, 0.29) is 29.6 Å². The first kappa shape index (κ1) is 17.9. The van der Waals surface area contributed by atoms with Crippen molar-refractivity contribution in [1.82, 2.24) is 5.32 Å². The van der Waals surface area contributed by atoms with Gasteiger partial charge in [-0.3, -0.25) is 9.59 Å². The van der Waals surface area contributed by atoms with Crippen molar-refractivity contribution in [2.75, 3.05) is 18.0 Å². The average Bonchev–Trinajstić information content (AvgIpc) is 3.14. The minimum absolute atomic E-state index is 0.0856. The molecule has 0 spiro atoms. The molecule has 1 fully saturated rings. The van der Waals surface area contributed by atoms with E-state index >= 15 is 0 Å². The van der Waals surface area contributed by atoms with E-state index < -0.39 is 29.9 Å². The maximum atomic E-state index is 13.9. The van der Waals surface area contributed by atoms with E-state index in [9.17, 15) is 18.4 Å². The maximum absolute atomic E-state index is 13.9. The third-order valence-corrected chi connectivity index (χ3v) is 4.37. The van der Waals surface area contributed by atoms with Crippen LogP contribution in [0.2, 0.25) is 0 Å². The second-order valence-electron chi connectivity index (χ2n) is 6.26. The number of carboxylic acids is 1. The Hall–Kier alpha value is -2.90.